The summed E-state index contributed by atoms with van der Waals surface area (Å²) in [6, 6.07) is 12.9. The van der Waals surface area contributed by atoms with Crippen LogP contribution in [0, 0.1) is 0 Å². The van der Waals surface area contributed by atoms with Crippen LogP contribution in [-0.4, -0.2) is 15.7 Å². The predicted octanol–water partition coefficient (Wildman–Crippen LogP) is 3.66. The van der Waals surface area contributed by atoms with E-state index >= 15 is 0 Å². The fourth-order valence-electron chi connectivity index (χ4n) is 2.20. The van der Waals surface area contributed by atoms with Gasteiger partial charge in [0.25, 0.3) is 0 Å². The molecule has 0 aliphatic carbocycles. The second-order valence-corrected chi connectivity index (χ2v) is 5.72. The molecule has 3 rings (SSSR count). The van der Waals surface area contributed by atoms with Crippen molar-refractivity contribution < 1.29 is 4.79 Å². The Morgan fingerprint density at radius 2 is 2.00 bits per heavy atom. The molecule has 6 heteroatoms. The van der Waals surface area contributed by atoms with Crippen LogP contribution in [0.25, 0.3) is 10.9 Å². The largest absolute Gasteiger partial charge is 0.350 e. The van der Waals surface area contributed by atoms with Gasteiger partial charge in [0.15, 0.2) is 0 Å². The minimum atomic E-state index is -0.134. The molecule has 2 aromatic carbocycles. The lowest BCUT2D eigenvalue weighted by Gasteiger charge is -2.08. The number of hydrogen-bond acceptors (Lipinski definition) is 2. The zero-order valence-corrected chi connectivity index (χ0v) is 13.1. The molecule has 0 fully saturated rings. The number of fused-ring (bicyclic) bond motifs is 1. The van der Waals surface area contributed by atoms with Gasteiger partial charge >= 0.3 is 0 Å². The summed E-state index contributed by atoms with van der Waals surface area (Å²) in [5.74, 6) is -0.134. The van der Waals surface area contributed by atoms with E-state index in [-0.39, 0.29) is 12.5 Å². The van der Waals surface area contributed by atoms with Crippen LogP contribution in [0.15, 0.2) is 48.7 Å². The molecule has 0 unspecified atom stereocenters. The number of carbonyl (C=O) groups is 1. The third-order valence-electron chi connectivity index (χ3n) is 3.33. The highest BCUT2D eigenvalue weighted by atomic mass is 35.5. The molecule has 0 spiro atoms. The first kappa shape index (κ1) is 14.9. The Morgan fingerprint density at radius 1 is 1.18 bits per heavy atom. The van der Waals surface area contributed by atoms with Gasteiger partial charge in [0.1, 0.15) is 6.54 Å². The Morgan fingerprint density at radius 3 is 2.82 bits per heavy atom. The number of amides is 1. The van der Waals surface area contributed by atoms with E-state index in [1.54, 1.807) is 29.1 Å². The molecule has 0 saturated carbocycles. The lowest BCUT2D eigenvalue weighted by atomic mass is 10.2. The molecule has 3 aromatic rings. The molecular weight excluding hydrogens is 321 g/mol. The molecule has 0 aliphatic rings. The van der Waals surface area contributed by atoms with Gasteiger partial charge in [0.2, 0.25) is 5.91 Å². The fraction of sp³-hybridized carbons (Fsp3) is 0.125. The minimum absolute atomic E-state index is 0.133. The minimum Gasteiger partial charge on any atom is -0.350 e. The van der Waals surface area contributed by atoms with E-state index in [1.807, 2.05) is 24.3 Å². The van der Waals surface area contributed by atoms with E-state index in [4.69, 9.17) is 23.2 Å². The van der Waals surface area contributed by atoms with Crippen molar-refractivity contribution in [3.8, 4) is 0 Å². The summed E-state index contributed by atoms with van der Waals surface area (Å²) in [5, 5.41) is 9.26. The van der Waals surface area contributed by atoms with Crippen LogP contribution < -0.4 is 5.32 Å². The van der Waals surface area contributed by atoms with Gasteiger partial charge in [0, 0.05) is 22.0 Å². The average Bonchev–Trinajstić information content (AvgIpc) is 2.89. The van der Waals surface area contributed by atoms with Crippen molar-refractivity contribution in [3.05, 3.63) is 64.3 Å². The summed E-state index contributed by atoms with van der Waals surface area (Å²) in [7, 11) is 0. The zero-order valence-electron chi connectivity index (χ0n) is 11.6. The number of nitrogens with one attached hydrogen (secondary N) is 1. The van der Waals surface area contributed by atoms with Crippen molar-refractivity contribution in [1.29, 1.82) is 0 Å². The van der Waals surface area contributed by atoms with Crippen LogP contribution in [0.5, 0.6) is 0 Å². The van der Waals surface area contributed by atoms with Gasteiger partial charge in [0.05, 0.1) is 11.7 Å². The molecule has 0 atom stereocenters. The lowest BCUT2D eigenvalue weighted by Crippen LogP contribution is -2.27. The quantitative estimate of drug-likeness (QED) is 0.791. The van der Waals surface area contributed by atoms with E-state index in [2.05, 4.69) is 10.4 Å². The topological polar surface area (TPSA) is 46.9 Å². The van der Waals surface area contributed by atoms with E-state index < -0.39 is 0 Å². The number of rotatable bonds is 4. The van der Waals surface area contributed by atoms with Gasteiger partial charge in [-0.15, -0.1) is 0 Å². The van der Waals surface area contributed by atoms with E-state index in [0.29, 0.717) is 16.6 Å². The smallest absolute Gasteiger partial charge is 0.242 e. The number of nitrogens with zero attached hydrogens (tertiary/aromatic N) is 2. The first-order valence-corrected chi connectivity index (χ1v) is 7.50. The maximum Gasteiger partial charge on any atom is 0.242 e. The second kappa shape index (κ2) is 6.38. The lowest BCUT2D eigenvalue weighted by molar-refractivity contribution is -0.121. The number of benzene rings is 2. The Labute approximate surface area is 137 Å². The number of halogens is 2. The average molecular weight is 334 g/mol. The van der Waals surface area contributed by atoms with Gasteiger partial charge in [-0.05, 0) is 29.8 Å². The van der Waals surface area contributed by atoms with Gasteiger partial charge in [-0.2, -0.15) is 5.10 Å². The monoisotopic (exact) mass is 333 g/mol. The molecular formula is C16H13Cl2N3O. The second-order valence-electron chi connectivity index (χ2n) is 4.87. The molecule has 112 valence electrons. The Balaban J connectivity index is 1.68. The molecule has 1 amide bonds. The molecule has 0 bridgehead atoms. The van der Waals surface area contributed by atoms with Crippen molar-refractivity contribution in [3.63, 3.8) is 0 Å². The zero-order chi connectivity index (χ0) is 15.5. The highest BCUT2D eigenvalue weighted by molar-refractivity contribution is 6.31. The summed E-state index contributed by atoms with van der Waals surface area (Å²) in [6.07, 6.45) is 1.72. The van der Waals surface area contributed by atoms with Crippen LogP contribution in [0.1, 0.15) is 5.56 Å². The summed E-state index contributed by atoms with van der Waals surface area (Å²) in [4.78, 5) is 12.1. The molecule has 0 saturated heterocycles. The van der Waals surface area contributed by atoms with Crippen molar-refractivity contribution in [2.75, 3.05) is 0 Å². The highest BCUT2D eigenvalue weighted by Crippen LogP contribution is 2.19. The fourth-order valence-corrected chi connectivity index (χ4v) is 2.57. The SMILES string of the molecule is O=C(Cn1ncc2ccc(Cl)cc21)NCc1ccccc1Cl. The van der Waals surface area contributed by atoms with Crippen LogP contribution in [0.4, 0.5) is 0 Å². The van der Waals surface area contributed by atoms with Gasteiger partial charge in [-0.25, -0.2) is 0 Å². The van der Waals surface area contributed by atoms with Crippen LogP contribution in [0.2, 0.25) is 10.0 Å². The van der Waals surface area contributed by atoms with Crippen LogP contribution in [-0.2, 0) is 17.9 Å². The van der Waals surface area contributed by atoms with Crippen molar-refractivity contribution in [2.45, 2.75) is 13.1 Å². The summed E-state index contributed by atoms with van der Waals surface area (Å²) in [6.45, 7) is 0.521. The molecule has 1 aromatic heterocycles. The Hall–Kier alpha value is -2.04. The molecule has 1 N–H and O–H groups in total. The highest BCUT2D eigenvalue weighted by Gasteiger charge is 2.08. The number of carbonyl (C=O) groups excluding carboxylic acids is 1. The summed E-state index contributed by atoms with van der Waals surface area (Å²) >= 11 is 12.0. The summed E-state index contributed by atoms with van der Waals surface area (Å²) < 4.78 is 1.63. The maximum atomic E-state index is 12.1. The third kappa shape index (κ3) is 3.24. The Bertz CT molecular complexity index is 829. The molecule has 1 heterocycles. The molecule has 0 aliphatic heterocycles. The third-order valence-corrected chi connectivity index (χ3v) is 3.94. The molecule has 4 nitrogen and oxygen atoms in total. The Kier molecular flexibility index (Phi) is 4.32. The number of aromatic nitrogens is 2. The van der Waals surface area contributed by atoms with Crippen molar-refractivity contribution in [2.24, 2.45) is 0 Å². The predicted molar refractivity (Wildman–Crippen MR) is 88.0 cm³/mol. The molecule has 0 radical (unpaired) electrons. The van der Waals surface area contributed by atoms with Crippen LogP contribution in [0.3, 0.4) is 0 Å². The van der Waals surface area contributed by atoms with Gasteiger partial charge in [-0.1, -0.05) is 41.4 Å². The first-order chi connectivity index (χ1) is 10.6. The van der Waals surface area contributed by atoms with Crippen molar-refractivity contribution in [1.82, 2.24) is 15.1 Å². The van der Waals surface area contributed by atoms with E-state index in [0.717, 1.165) is 16.5 Å². The summed E-state index contributed by atoms with van der Waals surface area (Å²) in [5.41, 5.74) is 1.71. The first-order valence-electron chi connectivity index (χ1n) is 6.74. The van der Waals surface area contributed by atoms with Crippen molar-refractivity contribution >= 4 is 40.0 Å². The molecule has 22 heavy (non-hydrogen) atoms. The van der Waals surface area contributed by atoms with Crippen LogP contribution >= 0.6 is 23.2 Å². The number of hydrogen-bond donors (Lipinski definition) is 1. The van der Waals surface area contributed by atoms with E-state index in [9.17, 15) is 4.79 Å². The standard InChI is InChI=1S/C16H13Cl2N3O/c17-13-6-5-12-9-20-21(15(12)7-13)10-16(22)19-8-11-3-1-2-4-14(11)18/h1-7,9H,8,10H2,(H,19,22). The maximum absolute atomic E-state index is 12.1. The normalized spacial score (nSPS) is 10.8. The van der Waals surface area contributed by atoms with Gasteiger partial charge < -0.3 is 5.32 Å². The van der Waals surface area contributed by atoms with Gasteiger partial charge in [-0.3, -0.25) is 9.48 Å². The van der Waals surface area contributed by atoms with E-state index in [1.165, 1.54) is 0 Å².